The highest BCUT2D eigenvalue weighted by Gasteiger charge is 2.22. The van der Waals surface area contributed by atoms with Crippen molar-refractivity contribution < 1.29 is 19.1 Å². The Balaban J connectivity index is 1.41. The van der Waals surface area contributed by atoms with Gasteiger partial charge in [-0.1, -0.05) is 25.1 Å². The van der Waals surface area contributed by atoms with E-state index in [1.807, 2.05) is 30.3 Å². The molecule has 2 aliphatic rings. The number of benzene rings is 2. The molecule has 4 rings (SSSR count). The molecular weight excluding hydrogens is 444 g/mol. The molecule has 0 aromatic heterocycles. The van der Waals surface area contributed by atoms with E-state index in [9.17, 15) is 9.59 Å². The number of para-hydroxylation sites is 1. The lowest BCUT2D eigenvalue weighted by Gasteiger charge is -2.33. The number of hydrogen-bond donors (Lipinski definition) is 2. The molecule has 8 nitrogen and oxygen atoms in total. The number of amides is 2. The normalized spacial score (nSPS) is 17.1. The van der Waals surface area contributed by atoms with Crippen LogP contribution in [0.25, 0.3) is 0 Å². The smallest absolute Gasteiger partial charge is 0.262 e. The van der Waals surface area contributed by atoms with Gasteiger partial charge in [0.05, 0.1) is 18.8 Å². The van der Waals surface area contributed by atoms with Crippen LogP contribution >= 0.6 is 0 Å². The average Bonchev–Trinajstić information content (AvgIpc) is 2.89. The van der Waals surface area contributed by atoms with Crippen molar-refractivity contribution in [2.45, 2.75) is 19.8 Å². The van der Waals surface area contributed by atoms with Crippen LogP contribution in [0.2, 0.25) is 0 Å². The molecule has 0 atom stereocenters. The Kier molecular flexibility index (Phi) is 8.97. The van der Waals surface area contributed by atoms with E-state index in [0.29, 0.717) is 29.5 Å². The van der Waals surface area contributed by atoms with E-state index in [1.54, 1.807) is 18.2 Å². The van der Waals surface area contributed by atoms with Crippen LogP contribution in [0.3, 0.4) is 0 Å². The largest absolute Gasteiger partial charge is 0.484 e. The van der Waals surface area contributed by atoms with Gasteiger partial charge in [0.2, 0.25) is 0 Å². The van der Waals surface area contributed by atoms with Gasteiger partial charge in [0.1, 0.15) is 5.75 Å². The molecule has 0 saturated carbocycles. The summed E-state index contributed by atoms with van der Waals surface area (Å²) in [5.41, 5.74) is 2.08. The van der Waals surface area contributed by atoms with E-state index in [1.165, 1.54) is 0 Å². The van der Waals surface area contributed by atoms with Crippen molar-refractivity contribution in [3.8, 4) is 5.75 Å². The van der Waals surface area contributed by atoms with Gasteiger partial charge in [-0.05, 0) is 49.1 Å². The molecule has 188 valence electrons. The standard InChI is InChI=1S/C27H36N4O4/c1-21-9-12-31(13-10-21)25-8-7-22(29-26(32)20-35-23-5-3-2-4-6-23)19-24(25)27(33)28-11-14-30-15-17-34-18-16-30/h2-8,19,21H,9-18,20H2,1H3,(H,28,33)(H,29,32). The molecule has 0 aliphatic carbocycles. The highest BCUT2D eigenvalue weighted by molar-refractivity contribution is 6.02. The van der Waals surface area contributed by atoms with E-state index in [-0.39, 0.29) is 18.4 Å². The summed E-state index contributed by atoms with van der Waals surface area (Å²) in [6.45, 7) is 8.62. The van der Waals surface area contributed by atoms with Crippen molar-refractivity contribution in [3.05, 3.63) is 54.1 Å². The number of nitrogens with zero attached hydrogens (tertiary/aromatic N) is 2. The lowest BCUT2D eigenvalue weighted by Crippen LogP contribution is -2.41. The summed E-state index contributed by atoms with van der Waals surface area (Å²) in [6, 6.07) is 14.8. The summed E-state index contributed by atoms with van der Waals surface area (Å²) in [5.74, 6) is 0.938. The Labute approximate surface area is 207 Å². The SMILES string of the molecule is CC1CCN(c2ccc(NC(=O)COc3ccccc3)cc2C(=O)NCCN2CCOCC2)CC1. The van der Waals surface area contributed by atoms with Gasteiger partial charge in [-0.3, -0.25) is 14.5 Å². The fourth-order valence-electron chi connectivity index (χ4n) is 4.43. The molecule has 2 aromatic rings. The zero-order chi connectivity index (χ0) is 24.5. The summed E-state index contributed by atoms with van der Waals surface area (Å²) in [6.07, 6.45) is 2.21. The average molecular weight is 481 g/mol. The molecule has 2 amide bonds. The number of ether oxygens (including phenoxy) is 2. The maximum absolute atomic E-state index is 13.2. The third kappa shape index (κ3) is 7.44. The van der Waals surface area contributed by atoms with E-state index in [4.69, 9.17) is 9.47 Å². The molecule has 0 unspecified atom stereocenters. The molecular formula is C27H36N4O4. The second kappa shape index (κ2) is 12.6. The number of carbonyl (C=O) groups is 2. The molecule has 2 fully saturated rings. The first-order valence-electron chi connectivity index (χ1n) is 12.5. The first-order valence-corrected chi connectivity index (χ1v) is 12.5. The molecule has 35 heavy (non-hydrogen) atoms. The zero-order valence-electron chi connectivity index (χ0n) is 20.5. The monoisotopic (exact) mass is 480 g/mol. The Bertz CT molecular complexity index is 970. The van der Waals surface area contributed by atoms with Crippen LogP contribution in [0.15, 0.2) is 48.5 Å². The van der Waals surface area contributed by atoms with Crippen LogP contribution in [0.5, 0.6) is 5.75 Å². The Hall–Kier alpha value is -3.10. The van der Waals surface area contributed by atoms with Gasteiger partial charge in [0.25, 0.3) is 11.8 Å². The van der Waals surface area contributed by atoms with Gasteiger partial charge in [-0.15, -0.1) is 0 Å². The lowest BCUT2D eigenvalue weighted by atomic mass is 9.97. The van der Waals surface area contributed by atoms with Crippen molar-refractivity contribution in [1.82, 2.24) is 10.2 Å². The molecule has 2 aromatic carbocycles. The number of nitrogens with one attached hydrogen (secondary N) is 2. The van der Waals surface area contributed by atoms with Crippen molar-refractivity contribution in [2.24, 2.45) is 5.92 Å². The Morgan fingerprint density at radius 1 is 1.03 bits per heavy atom. The van der Waals surface area contributed by atoms with Crippen molar-refractivity contribution in [1.29, 1.82) is 0 Å². The Morgan fingerprint density at radius 2 is 1.77 bits per heavy atom. The van der Waals surface area contributed by atoms with Crippen LogP contribution < -0.4 is 20.3 Å². The maximum Gasteiger partial charge on any atom is 0.262 e. The third-order valence-electron chi connectivity index (χ3n) is 6.58. The minimum absolute atomic E-state index is 0.100. The number of piperidine rings is 1. The molecule has 0 spiro atoms. The number of hydrogen-bond acceptors (Lipinski definition) is 6. The second-order valence-electron chi connectivity index (χ2n) is 9.26. The first kappa shape index (κ1) is 25.0. The zero-order valence-corrected chi connectivity index (χ0v) is 20.5. The van der Waals surface area contributed by atoms with Crippen molar-refractivity contribution in [3.63, 3.8) is 0 Å². The summed E-state index contributed by atoms with van der Waals surface area (Å²) >= 11 is 0. The van der Waals surface area contributed by atoms with Gasteiger partial charge < -0.3 is 25.0 Å². The fraction of sp³-hybridized carbons (Fsp3) is 0.481. The molecule has 2 heterocycles. The fourth-order valence-corrected chi connectivity index (χ4v) is 4.43. The summed E-state index contributed by atoms with van der Waals surface area (Å²) in [4.78, 5) is 30.3. The quantitative estimate of drug-likeness (QED) is 0.574. The van der Waals surface area contributed by atoms with E-state index in [2.05, 4.69) is 27.4 Å². The maximum atomic E-state index is 13.2. The number of anilines is 2. The lowest BCUT2D eigenvalue weighted by molar-refractivity contribution is -0.118. The first-order chi connectivity index (χ1) is 17.1. The number of morpholine rings is 1. The summed E-state index contributed by atoms with van der Waals surface area (Å²) in [7, 11) is 0. The molecule has 0 bridgehead atoms. The minimum atomic E-state index is -0.271. The van der Waals surface area contributed by atoms with Crippen molar-refractivity contribution >= 4 is 23.2 Å². The second-order valence-corrected chi connectivity index (χ2v) is 9.26. The summed E-state index contributed by atoms with van der Waals surface area (Å²) < 4.78 is 10.9. The highest BCUT2D eigenvalue weighted by Crippen LogP contribution is 2.28. The summed E-state index contributed by atoms with van der Waals surface area (Å²) in [5, 5.41) is 5.94. The van der Waals surface area contributed by atoms with Crippen LogP contribution in [0.1, 0.15) is 30.1 Å². The van der Waals surface area contributed by atoms with Crippen LogP contribution in [0, 0.1) is 5.92 Å². The number of carbonyl (C=O) groups excluding carboxylic acids is 2. The third-order valence-corrected chi connectivity index (χ3v) is 6.58. The molecule has 8 heteroatoms. The van der Waals surface area contributed by atoms with Gasteiger partial charge in [0, 0.05) is 50.6 Å². The van der Waals surface area contributed by atoms with Gasteiger partial charge in [0.15, 0.2) is 6.61 Å². The van der Waals surface area contributed by atoms with Gasteiger partial charge in [-0.25, -0.2) is 0 Å². The molecule has 2 saturated heterocycles. The highest BCUT2D eigenvalue weighted by atomic mass is 16.5. The van der Waals surface area contributed by atoms with E-state index in [0.717, 1.165) is 64.5 Å². The molecule has 2 aliphatic heterocycles. The van der Waals surface area contributed by atoms with Crippen LogP contribution in [-0.4, -0.2) is 75.8 Å². The van der Waals surface area contributed by atoms with Crippen molar-refractivity contribution in [2.75, 3.05) is 69.3 Å². The predicted molar refractivity (Wildman–Crippen MR) is 137 cm³/mol. The molecule has 2 N–H and O–H groups in total. The Morgan fingerprint density at radius 3 is 2.51 bits per heavy atom. The minimum Gasteiger partial charge on any atom is -0.484 e. The van der Waals surface area contributed by atoms with Gasteiger partial charge >= 0.3 is 0 Å². The predicted octanol–water partition coefficient (Wildman–Crippen LogP) is 3.00. The number of rotatable bonds is 9. The molecule has 0 radical (unpaired) electrons. The van der Waals surface area contributed by atoms with Crippen LogP contribution in [0.4, 0.5) is 11.4 Å². The van der Waals surface area contributed by atoms with E-state index < -0.39 is 0 Å². The van der Waals surface area contributed by atoms with Gasteiger partial charge in [-0.2, -0.15) is 0 Å². The van der Waals surface area contributed by atoms with E-state index >= 15 is 0 Å². The topological polar surface area (TPSA) is 83.1 Å². The van der Waals surface area contributed by atoms with Crippen LogP contribution in [-0.2, 0) is 9.53 Å².